The Morgan fingerprint density at radius 2 is 1.27 bits per heavy atom. The lowest BCUT2D eigenvalue weighted by Gasteiger charge is -2.40. The molecule has 2 unspecified atom stereocenters. The van der Waals surface area contributed by atoms with Crippen LogP contribution < -0.4 is 0 Å². The SMILES string of the molecule is BrC1=CC2C(c3ccccc31)c1c(ccc3c1oc1ccccc13)C2(c1ccccc1)c1ccccc1. The minimum absolute atomic E-state index is 0.164. The predicted molar refractivity (Wildman–Crippen MR) is 155 cm³/mol. The predicted octanol–water partition coefficient (Wildman–Crippen LogP) is 9.43. The molecule has 176 valence electrons. The Kier molecular flexibility index (Phi) is 4.48. The summed E-state index contributed by atoms with van der Waals surface area (Å²) in [5.41, 5.74) is 9.48. The number of benzene rings is 5. The quantitative estimate of drug-likeness (QED) is 0.214. The summed E-state index contributed by atoms with van der Waals surface area (Å²) < 4.78 is 7.88. The first kappa shape index (κ1) is 21.2. The molecular formula is C35H23BrO. The number of halogens is 1. The van der Waals surface area contributed by atoms with Gasteiger partial charge in [-0.05, 0) is 33.9 Å². The second-order valence-corrected chi connectivity index (χ2v) is 11.0. The molecule has 0 spiro atoms. The first-order valence-corrected chi connectivity index (χ1v) is 13.6. The maximum atomic E-state index is 6.72. The van der Waals surface area contributed by atoms with Gasteiger partial charge < -0.3 is 4.42 Å². The van der Waals surface area contributed by atoms with Crippen molar-refractivity contribution in [2.24, 2.45) is 5.92 Å². The van der Waals surface area contributed by atoms with Crippen LogP contribution in [0.4, 0.5) is 0 Å². The van der Waals surface area contributed by atoms with Crippen LogP contribution in [-0.2, 0) is 5.41 Å². The summed E-state index contributed by atoms with van der Waals surface area (Å²) in [5.74, 6) is 0.340. The summed E-state index contributed by atoms with van der Waals surface area (Å²) in [4.78, 5) is 0. The van der Waals surface area contributed by atoms with Crippen molar-refractivity contribution in [1.29, 1.82) is 0 Å². The fourth-order valence-electron chi connectivity index (χ4n) is 7.14. The fourth-order valence-corrected chi connectivity index (χ4v) is 7.79. The molecule has 37 heavy (non-hydrogen) atoms. The van der Waals surface area contributed by atoms with Crippen LogP contribution in [0.3, 0.4) is 0 Å². The van der Waals surface area contributed by atoms with Crippen LogP contribution in [0.5, 0.6) is 0 Å². The highest BCUT2D eigenvalue weighted by molar-refractivity contribution is 9.15. The third-order valence-electron chi connectivity index (χ3n) is 8.52. The van der Waals surface area contributed by atoms with E-state index in [-0.39, 0.29) is 17.3 Å². The van der Waals surface area contributed by atoms with Crippen molar-refractivity contribution in [3.63, 3.8) is 0 Å². The first-order chi connectivity index (χ1) is 18.3. The van der Waals surface area contributed by atoms with Gasteiger partial charge in [-0.3, -0.25) is 0 Å². The highest BCUT2D eigenvalue weighted by atomic mass is 79.9. The van der Waals surface area contributed by atoms with E-state index in [0.29, 0.717) is 0 Å². The van der Waals surface area contributed by atoms with Crippen molar-refractivity contribution in [2.45, 2.75) is 11.3 Å². The number of rotatable bonds is 2. The Balaban J connectivity index is 1.59. The molecule has 1 nitrogen and oxygen atoms in total. The van der Waals surface area contributed by atoms with Crippen molar-refractivity contribution in [1.82, 2.24) is 0 Å². The Bertz CT molecular complexity index is 1810. The molecule has 0 radical (unpaired) electrons. The van der Waals surface area contributed by atoms with E-state index in [9.17, 15) is 0 Å². The molecule has 2 atom stereocenters. The highest BCUT2D eigenvalue weighted by Gasteiger charge is 2.56. The molecule has 2 heteroatoms. The molecule has 1 heterocycles. The minimum Gasteiger partial charge on any atom is -0.456 e. The van der Waals surface area contributed by atoms with E-state index in [4.69, 9.17) is 4.42 Å². The molecule has 2 aliphatic carbocycles. The molecule has 8 rings (SSSR count). The van der Waals surface area contributed by atoms with Gasteiger partial charge in [0.25, 0.3) is 0 Å². The molecule has 0 aliphatic heterocycles. The van der Waals surface area contributed by atoms with E-state index < -0.39 is 0 Å². The van der Waals surface area contributed by atoms with Crippen LogP contribution in [0.1, 0.15) is 39.3 Å². The molecule has 0 bridgehead atoms. The summed E-state index contributed by atoms with van der Waals surface area (Å²) in [5, 5.41) is 2.37. The summed E-state index contributed by atoms with van der Waals surface area (Å²) in [6.45, 7) is 0. The van der Waals surface area contributed by atoms with Gasteiger partial charge in [-0.25, -0.2) is 0 Å². The monoisotopic (exact) mass is 538 g/mol. The molecule has 0 saturated heterocycles. The Morgan fingerprint density at radius 3 is 2.03 bits per heavy atom. The summed E-state index contributed by atoms with van der Waals surface area (Å²) >= 11 is 3.98. The molecule has 1 aromatic heterocycles. The lowest BCUT2D eigenvalue weighted by atomic mass is 9.62. The average molecular weight is 539 g/mol. The van der Waals surface area contributed by atoms with Gasteiger partial charge >= 0.3 is 0 Å². The zero-order valence-corrected chi connectivity index (χ0v) is 21.7. The normalized spacial score (nSPS) is 19.3. The van der Waals surface area contributed by atoms with Crippen molar-refractivity contribution in [3.05, 3.63) is 161 Å². The number of para-hydroxylation sites is 1. The molecule has 0 fully saturated rings. The van der Waals surface area contributed by atoms with E-state index in [1.807, 2.05) is 0 Å². The zero-order valence-electron chi connectivity index (χ0n) is 20.1. The van der Waals surface area contributed by atoms with Crippen LogP contribution in [0.2, 0.25) is 0 Å². The number of allylic oxidation sites excluding steroid dienone is 1. The maximum Gasteiger partial charge on any atom is 0.139 e. The lowest BCUT2D eigenvalue weighted by molar-refractivity contribution is 0.451. The minimum atomic E-state index is -0.359. The van der Waals surface area contributed by atoms with Gasteiger partial charge in [-0.2, -0.15) is 0 Å². The van der Waals surface area contributed by atoms with Gasteiger partial charge in [0, 0.05) is 32.7 Å². The third-order valence-corrected chi connectivity index (χ3v) is 9.21. The standard InChI is InChI=1S/C35H23BrO/c36-30-21-29-32(26-17-8-7-15-24(26)30)33-28(20-19-27-25-16-9-10-18-31(25)37-34(27)33)35(29,22-11-3-1-4-12-22)23-13-5-2-6-14-23/h1-21,29,32H. The van der Waals surface area contributed by atoms with Gasteiger partial charge in [0.15, 0.2) is 0 Å². The highest BCUT2D eigenvalue weighted by Crippen LogP contribution is 2.64. The molecule has 6 aromatic rings. The first-order valence-electron chi connectivity index (χ1n) is 12.8. The molecule has 0 N–H and O–H groups in total. The van der Waals surface area contributed by atoms with E-state index >= 15 is 0 Å². The van der Waals surface area contributed by atoms with Crippen molar-refractivity contribution >= 4 is 42.4 Å². The maximum absolute atomic E-state index is 6.72. The number of hydrogen-bond acceptors (Lipinski definition) is 1. The van der Waals surface area contributed by atoms with E-state index in [0.717, 1.165) is 15.6 Å². The Morgan fingerprint density at radius 1 is 0.622 bits per heavy atom. The van der Waals surface area contributed by atoms with Gasteiger partial charge in [0.05, 0.1) is 5.41 Å². The zero-order chi connectivity index (χ0) is 24.6. The molecular weight excluding hydrogens is 516 g/mol. The summed E-state index contributed by atoms with van der Waals surface area (Å²) in [6, 6.07) is 44.0. The topological polar surface area (TPSA) is 13.1 Å². The average Bonchev–Trinajstić information content (AvgIpc) is 3.48. The number of furan rings is 1. The Labute approximate surface area is 224 Å². The van der Waals surface area contributed by atoms with E-state index in [1.54, 1.807) is 0 Å². The fraction of sp³-hybridized carbons (Fsp3) is 0.0857. The molecule has 0 saturated carbocycles. The summed E-state index contributed by atoms with van der Waals surface area (Å²) in [7, 11) is 0. The van der Waals surface area contributed by atoms with Crippen molar-refractivity contribution in [2.75, 3.05) is 0 Å². The van der Waals surface area contributed by atoms with Gasteiger partial charge in [-0.1, -0.05) is 137 Å². The van der Waals surface area contributed by atoms with E-state index in [1.165, 1.54) is 44.2 Å². The molecule has 0 amide bonds. The van der Waals surface area contributed by atoms with E-state index in [2.05, 4.69) is 143 Å². The molecule has 2 aliphatic rings. The Hall–Kier alpha value is -3.88. The third kappa shape index (κ3) is 2.74. The van der Waals surface area contributed by atoms with Crippen LogP contribution in [-0.4, -0.2) is 0 Å². The van der Waals surface area contributed by atoms with Crippen LogP contribution >= 0.6 is 15.9 Å². The summed E-state index contributed by atoms with van der Waals surface area (Å²) in [6.07, 6.45) is 2.46. The van der Waals surface area contributed by atoms with Crippen LogP contribution in [0.25, 0.3) is 26.4 Å². The van der Waals surface area contributed by atoms with Crippen LogP contribution in [0.15, 0.2) is 132 Å². The smallest absolute Gasteiger partial charge is 0.139 e. The van der Waals surface area contributed by atoms with Gasteiger partial charge in [0.1, 0.15) is 11.2 Å². The van der Waals surface area contributed by atoms with Gasteiger partial charge in [0.2, 0.25) is 0 Å². The number of hydrogen-bond donors (Lipinski definition) is 0. The lowest BCUT2D eigenvalue weighted by Crippen LogP contribution is -2.36. The van der Waals surface area contributed by atoms with Crippen molar-refractivity contribution in [3.8, 4) is 0 Å². The van der Waals surface area contributed by atoms with Crippen molar-refractivity contribution < 1.29 is 4.42 Å². The molecule has 5 aromatic carbocycles. The van der Waals surface area contributed by atoms with Crippen LogP contribution in [0, 0.1) is 5.92 Å². The second kappa shape index (κ2) is 7.81. The number of fused-ring (bicyclic) bond motifs is 9. The second-order valence-electron chi connectivity index (χ2n) is 10.1. The van der Waals surface area contributed by atoms with Gasteiger partial charge in [-0.15, -0.1) is 0 Å². The largest absolute Gasteiger partial charge is 0.456 e.